The van der Waals surface area contributed by atoms with Gasteiger partial charge >= 0.3 is 0 Å². The molecular weight excluding hydrogens is 260 g/mol. The van der Waals surface area contributed by atoms with Crippen molar-refractivity contribution in [2.75, 3.05) is 23.8 Å². The minimum Gasteiger partial charge on any atom is -0.481 e. The second kappa shape index (κ2) is 4.93. The molecule has 0 spiro atoms. The van der Waals surface area contributed by atoms with E-state index in [1.165, 1.54) is 4.88 Å². The van der Waals surface area contributed by atoms with Gasteiger partial charge in [0.2, 0.25) is 0 Å². The van der Waals surface area contributed by atoms with Gasteiger partial charge in [0.15, 0.2) is 6.61 Å². The van der Waals surface area contributed by atoms with Gasteiger partial charge in [-0.2, -0.15) is 0 Å². The van der Waals surface area contributed by atoms with Crippen LogP contribution in [0.25, 0.3) is 0 Å². The Bertz CT molecular complexity index is 595. The van der Waals surface area contributed by atoms with Crippen molar-refractivity contribution in [2.45, 2.75) is 6.42 Å². The molecule has 2 N–H and O–H groups in total. The number of carbonyl (C=O) groups is 1. The van der Waals surface area contributed by atoms with Gasteiger partial charge in [0.25, 0.3) is 5.91 Å². The number of benzene rings is 1. The Labute approximate surface area is 115 Å². The summed E-state index contributed by atoms with van der Waals surface area (Å²) in [5, 5.41) is 2.05. The number of nitrogens with zero attached hydrogens (tertiary/aromatic N) is 1. The number of rotatable bonds is 3. The molecule has 0 saturated carbocycles. The molecule has 5 heteroatoms. The SMILES string of the molecule is Nc1ccc2c(c1)OCC(=O)N2CCc1cccs1. The van der Waals surface area contributed by atoms with Crippen LogP contribution < -0.4 is 15.4 Å². The van der Waals surface area contributed by atoms with Crippen molar-refractivity contribution in [3.63, 3.8) is 0 Å². The number of ether oxygens (including phenoxy) is 1. The third-order valence-electron chi connectivity index (χ3n) is 3.09. The van der Waals surface area contributed by atoms with E-state index in [4.69, 9.17) is 10.5 Å². The number of fused-ring (bicyclic) bond motifs is 1. The number of thiophene rings is 1. The first kappa shape index (κ1) is 12.0. The number of hydrogen-bond acceptors (Lipinski definition) is 4. The second-order valence-corrected chi connectivity index (χ2v) is 5.42. The molecule has 1 aliphatic rings. The van der Waals surface area contributed by atoms with E-state index in [9.17, 15) is 4.79 Å². The monoisotopic (exact) mass is 274 g/mol. The van der Waals surface area contributed by atoms with Crippen LogP contribution in [0.3, 0.4) is 0 Å². The summed E-state index contributed by atoms with van der Waals surface area (Å²) in [7, 11) is 0. The van der Waals surface area contributed by atoms with Crippen molar-refractivity contribution in [3.8, 4) is 5.75 Å². The zero-order valence-corrected chi connectivity index (χ0v) is 11.2. The maximum atomic E-state index is 12.0. The first-order valence-corrected chi connectivity index (χ1v) is 6.97. The van der Waals surface area contributed by atoms with E-state index in [2.05, 4.69) is 6.07 Å². The van der Waals surface area contributed by atoms with Gasteiger partial charge in [-0.25, -0.2) is 0 Å². The Balaban J connectivity index is 1.82. The molecule has 0 radical (unpaired) electrons. The normalized spacial score (nSPS) is 14.1. The van der Waals surface area contributed by atoms with E-state index in [1.807, 2.05) is 17.5 Å². The van der Waals surface area contributed by atoms with Crippen LogP contribution in [-0.4, -0.2) is 19.1 Å². The molecule has 2 aromatic rings. The van der Waals surface area contributed by atoms with E-state index in [1.54, 1.807) is 28.4 Å². The number of carbonyl (C=O) groups excluding carboxylic acids is 1. The van der Waals surface area contributed by atoms with Crippen LogP contribution in [0.5, 0.6) is 5.75 Å². The van der Waals surface area contributed by atoms with Crippen LogP contribution in [0.2, 0.25) is 0 Å². The van der Waals surface area contributed by atoms with E-state index in [-0.39, 0.29) is 12.5 Å². The first-order valence-electron chi connectivity index (χ1n) is 6.09. The molecular formula is C14H14N2O2S. The fourth-order valence-corrected chi connectivity index (χ4v) is 2.84. The van der Waals surface area contributed by atoms with Crippen LogP contribution in [0.15, 0.2) is 35.7 Å². The summed E-state index contributed by atoms with van der Waals surface area (Å²) >= 11 is 1.71. The predicted octanol–water partition coefficient (Wildman–Crippen LogP) is 2.30. The quantitative estimate of drug-likeness (QED) is 0.874. The van der Waals surface area contributed by atoms with Gasteiger partial charge < -0.3 is 15.4 Å². The lowest BCUT2D eigenvalue weighted by molar-refractivity contribution is -0.121. The summed E-state index contributed by atoms with van der Waals surface area (Å²) in [6.45, 7) is 0.751. The smallest absolute Gasteiger partial charge is 0.265 e. The first-order chi connectivity index (χ1) is 9.24. The molecule has 4 nitrogen and oxygen atoms in total. The number of nitrogen functional groups attached to an aromatic ring is 1. The number of nitrogens with two attached hydrogens (primary N) is 1. The third kappa shape index (κ3) is 2.42. The third-order valence-corrected chi connectivity index (χ3v) is 4.02. The van der Waals surface area contributed by atoms with E-state index in [0.29, 0.717) is 18.0 Å². The lowest BCUT2D eigenvalue weighted by atomic mass is 10.2. The molecule has 0 atom stereocenters. The van der Waals surface area contributed by atoms with Crippen molar-refractivity contribution in [1.29, 1.82) is 0 Å². The summed E-state index contributed by atoms with van der Waals surface area (Å²) in [6.07, 6.45) is 0.854. The highest BCUT2D eigenvalue weighted by Crippen LogP contribution is 2.33. The van der Waals surface area contributed by atoms with Gasteiger partial charge in [0.1, 0.15) is 5.75 Å². The summed E-state index contributed by atoms with van der Waals surface area (Å²) < 4.78 is 5.42. The van der Waals surface area contributed by atoms with Crippen LogP contribution in [-0.2, 0) is 11.2 Å². The minimum atomic E-state index is -0.00572. The van der Waals surface area contributed by atoms with Gasteiger partial charge in [0, 0.05) is 23.2 Å². The number of anilines is 2. The van der Waals surface area contributed by atoms with Gasteiger partial charge in [-0.15, -0.1) is 11.3 Å². The van der Waals surface area contributed by atoms with Gasteiger partial charge in [-0.1, -0.05) is 6.07 Å². The van der Waals surface area contributed by atoms with Crippen molar-refractivity contribution in [1.82, 2.24) is 0 Å². The molecule has 0 unspecified atom stereocenters. The van der Waals surface area contributed by atoms with Crippen molar-refractivity contribution < 1.29 is 9.53 Å². The zero-order chi connectivity index (χ0) is 13.2. The summed E-state index contributed by atoms with van der Waals surface area (Å²) in [5.74, 6) is 0.680. The molecule has 0 aliphatic carbocycles. The molecule has 0 fully saturated rings. The highest BCUT2D eigenvalue weighted by Gasteiger charge is 2.25. The van der Waals surface area contributed by atoms with E-state index < -0.39 is 0 Å². The molecule has 0 saturated heterocycles. The predicted molar refractivity (Wildman–Crippen MR) is 76.7 cm³/mol. The molecule has 1 aromatic heterocycles. The molecule has 98 valence electrons. The largest absolute Gasteiger partial charge is 0.481 e. The maximum absolute atomic E-state index is 12.0. The fourth-order valence-electron chi connectivity index (χ4n) is 2.14. The van der Waals surface area contributed by atoms with Gasteiger partial charge in [-0.3, -0.25) is 4.79 Å². The van der Waals surface area contributed by atoms with E-state index >= 15 is 0 Å². The average molecular weight is 274 g/mol. The molecule has 3 rings (SSSR count). The average Bonchev–Trinajstić information content (AvgIpc) is 2.91. The number of amides is 1. The highest BCUT2D eigenvalue weighted by atomic mass is 32.1. The lowest BCUT2D eigenvalue weighted by Crippen LogP contribution is -2.40. The van der Waals surface area contributed by atoms with Crippen LogP contribution in [0, 0.1) is 0 Å². The van der Waals surface area contributed by atoms with Crippen molar-refractivity contribution in [3.05, 3.63) is 40.6 Å². The molecule has 2 heterocycles. The standard InChI is InChI=1S/C14H14N2O2S/c15-10-3-4-12-13(8-10)18-9-14(17)16(12)6-5-11-2-1-7-19-11/h1-4,7-8H,5-6,9,15H2. The summed E-state index contributed by atoms with van der Waals surface area (Å²) in [6, 6.07) is 9.50. The van der Waals surface area contributed by atoms with E-state index in [0.717, 1.165) is 12.1 Å². The van der Waals surface area contributed by atoms with Crippen molar-refractivity contribution in [2.24, 2.45) is 0 Å². The topological polar surface area (TPSA) is 55.6 Å². The van der Waals surface area contributed by atoms with Crippen LogP contribution >= 0.6 is 11.3 Å². The summed E-state index contributed by atoms with van der Waals surface area (Å²) in [4.78, 5) is 15.0. The minimum absolute atomic E-state index is 0.00572. The number of hydrogen-bond donors (Lipinski definition) is 1. The van der Waals surface area contributed by atoms with Gasteiger partial charge in [-0.05, 0) is 30.0 Å². The van der Waals surface area contributed by atoms with Crippen LogP contribution in [0.1, 0.15) is 4.88 Å². The Kier molecular flexibility index (Phi) is 3.13. The lowest BCUT2D eigenvalue weighted by Gasteiger charge is -2.29. The van der Waals surface area contributed by atoms with Gasteiger partial charge in [0.05, 0.1) is 5.69 Å². The second-order valence-electron chi connectivity index (χ2n) is 4.39. The van der Waals surface area contributed by atoms with Crippen molar-refractivity contribution >= 4 is 28.6 Å². The highest BCUT2D eigenvalue weighted by molar-refractivity contribution is 7.09. The molecule has 1 amide bonds. The molecule has 1 aliphatic heterocycles. The molecule has 0 bridgehead atoms. The molecule has 19 heavy (non-hydrogen) atoms. The fraction of sp³-hybridized carbons (Fsp3) is 0.214. The Morgan fingerprint density at radius 2 is 2.26 bits per heavy atom. The maximum Gasteiger partial charge on any atom is 0.265 e. The molecule has 1 aromatic carbocycles. The summed E-state index contributed by atoms with van der Waals surface area (Å²) in [5.41, 5.74) is 7.18. The zero-order valence-electron chi connectivity index (χ0n) is 10.3. The Hall–Kier alpha value is -2.01. The van der Waals surface area contributed by atoms with Crippen LogP contribution in [0.4, 0.5) is 11.4 Å². The Morgan fingerprint density at radius 3 is 3.05 bits per heavy atom. The Morgan fingerprint density at radius 1 is 1.37 bits per heavy atom.